The molecule has 3 rings (SSSR count). The second-order valence-electron chi connectivity index (χ2n) is 6.52. The number of pyridine rings is 1. The summed E-state index contributed by atoms with van der Waals surface area (Å²) in [5, 5.41) is 9.66. The number of methoxy groups -OCH3 is 1. The average Bonchev–Trinajstić information content (AvgIpc) is 2.67. The molecule has 26 heavy (non-hydrogen) atoms. The van der Waals surface area contributed by atoms with Gasteiger partial charge in [0.2, 0.25) is 0 Å². The van der Waals surface area contributed by atoms with Gasteiger partial charge in [0.15, 0.2) is 11.6 Å². The lowest BCUT2D eigenvalue weighted by atomic mass is 9.93. The van der Waals surface area contributed by atoms with E-state index in [2.05, 4.69) is 4.98 Å². The van der Waals surface area contributed by atoms with Crippen LogP contribution in [0.3, 0.4) is 0 Å². The van der Waals surface area contributed by atoms with E-state index in [-0.39, 0.29) is 11.8 Å². The smallest absolute Gasteiger partial charge is 0.320 e. The molecule has 1 fully saturated rings. The number of rotatable bonds is 6. The molecule has 0 radical (unpaired) electrons. The van der Waals surface area contributed by atoms with E-state index < -0.39 is 17.8 Å². The first-order valence-electron chi connectivity index (χ1n) is 8.82. The number of hydrogen-bond acceptors (Lipinski definition) is 4. The Labute approximate surface area is 152 Å². The van der Waals surface area contributed by atoms with Crippen molar-refractivity contribution in [2.45, 2.75) is 37.8 Å². The van der Waals surface area contributed by atoms with Crippen molar-refractivity contribution < 1.29 is 19.0 Å². The lowest BCUT2D eigenvalue weighted by Gasteiger charge is -2.39. The molecule has 0 saturated carbocycles. The van der Waals surface area contributed by atoms with Crippen LogP contribution in [-0.4, -0.2) is 40.7 Å². The summed E-state index contributed by atoms with van der Waals surface area (Å²) < 4.78 is 19.3. The molecule has 2 unspecified atom stereocenters. The molecule has 1 saturated heterocycles. The van der Waals surface area contributed by atoms with Crippen molar-refractivity contribution >= 4 is 5.97 Å². The molecule has 1 aliphatic rings. The molecule has 1 N–H and O–H groups in total. The molecule has 1 aromatic carbocycles. The van der Waals surface area contributed by atoms with Crippen LogP contribution in [-0.2, 0) is 11.2 Å². The van der Waals surface area contributed by atoms with E-state index in [4.69, 9.17) is 4.74 Å². The summed E-state index contributed by atoms with van der Waals surface area (Å²) in [5.41, 5.74) is 1.59. The predicted octanol–water partition coefficient (Wildman–Crippen LogP) is 3.45. The maximum absolute atomic E-state index is 14.3. The molecule has 0 aliphatic carbocycles. The van der Waals surface area contributed by atoms with Gasteiger partial charge in [0.25, 0.3) is 0 Å². The summed E-state index contributed by atoms with van der Waals surface area (Å²) in [6.45, 7) is 0.669. The quantitative estimate of drug-likeness (QED) is 0.857. The first kappa shape index (κ1) is 18.3. The number of carboxylic acids is 1. The minimum atomic E-state index is -0.829. The van der Waals surface area contributed by atoms with E-state index in [1.807, 2.05) is 29.2 Å². The van der Waals surface area contributed by atoms with Crippen molar-refractivity contribution in [3.8, 4) is 5.75 Å². The zero-order valence-electron chi connectivity index (χ0n) is 14.8. The summed E-state index contributed by atoms with van der Waals surface area (Å²) in [6, 6.07) is 9.67. The Kier molecular flexibility index (Phi) is 5.83. The SMILES string of the molecule is COc1ccc(C(Cc2ccccn2)N2CCCCC2C(=O)O)cc1F. The number of halogens is 1. The van der Waals surface area contributed by atoms with Gasteiger partial charge in [-0.2, -0.15) is 0 Å². The first-order chi connectivity index (χ1) is 12.6. The molecule has 6 heteroatoms. The molecule has 0 spiro atoms. The lowest BCUT2D eigenvalue weighted by Crippen LogP contribution is -2.47. The number of piperidine rings is 1. The monoisotopic (exact) mass is 358 g/mol. The molecule has 2 aromatic rings. The van der Waals surface area contributed by atoms with Crippen molar-refractivity contribution in [3.05, 3.63) is 59.7 Å². The molecule has 2 atom stereocenters. The van der Waals surface area contributed by atoms with Crippen LogP contribution in [0.15, 0.2) is 42.6 Å². The average molecular weight is 358 g/mol. The van der Waals surface area contributed by atoms with Gasteiger partial charge in [-0.15, -0.1) is 0 Å². The molecule has 0 bridgehead atoms. The van der Waals surface area contributed by atoms with Crippen molar-refractivity contribution in [1.29, 1.82) is 0 Å². The Balaban J connectivity index is 1.98. The van der Waals surface area contributed by atoms with E-state index in [1.165, 1.54) is 13.2 Å². The molecule has 5 nitrogen and oxygen atoms in total. The van der Waals surface area contributed by atoms with Gasteiger partial charge < -0.3 is 9.84 Å². The second kappa shape index (κ2) is 8.27. The Morgan fingerprint density at radius 3 is 2.88 bits per heavy atom. The largest absolute Gasteiger partial charge is 0.494 e. The van der Waals surface area contributed by atoms with E-state index >= 15 is 0 Å². The Hall–Kier alpha value is -2.47. The highest BCUT2D eigenvalue weighted by molar-refractivity contribution is 5.73. The normalized spacial score (nSPS) is 19.1. The van der Waals surface area contributed by atoms with E-state index in [0.717, 1.165) is 24.1 Å². The third-order valence-corrected chi connectivity index (χ3v) is 4.92. The van der Waals surface area contributed by atoms with Crippen LogP contribution in [0, 0.1) is 5.82 Å². The zero-order chi connectivity index (χ0) is 18.5. The number of nitrogens with zero attached hydrogens (tertiary/aromatic N) is 2. The highest BCUT2D eigenvalue weighted by Gasteiger charge is 2.34. The molecule has 1 aromatic heterocycles. The third-order valence-electron chi connectivity index (χ3n) is 4.92. The highest BCUT2D eigenvalue weighted by Crippen LogP contribution is 2.33. The van der Waals surface area contributed by atoms with Crippen molar-refractivity contribution in [1.82, 2.24) is 9.88 Å². The maximum Gasteiger partial charge on any atom is 0.320 e. The number of ether oxygens (including phenoxy) is 1. The number of hydrogen-bond donors (Lipinski definition) is 1. The van der Waals surface area contributed by atoms with Gasteiger partial charge >= 0.3 is 5.97 Å². The van der Waals surface area contributed by atoms with E-state index in [1.54, 1.807) is 12.3 Å². The maximum atomic E-state index is 14.3. The fraction of sp³-hybridized carbons (Fsp3) is 0.400. The molecule has 2 heterocycles. The van der Waals surface area contributed by atoms with Crippen LogP contribution >= 0.6 is 0 Å². The van der Waals surface area contributed by atoms with Crippen LogP contribution < -0.4 is 4.74 Å². The standard InChI is InChI=1S/C20H23FN2O3/c1-26-19-9-8-14(12-16(19)21)18(13-15-6-2-4-10-22-15)23-11-5-3-7-17(23)20(24)25/h2,4,6,8-10,12,17-18H,3,5,7,11,13H2,1H3,(H,24,25). The highest BCUT2D eigenvalue weighted by atomic mass is 19.1. The number of aliphatic carboxylic acids is 1. The molecule has 1 aliphatic heterocycles. The summed E-state index contributed by atoms with van der Waals surface area (Å²) >= 11 is 0. The summed E-state index contributed by atoms with van der Waals surface area (Å²) in [6.07, 6.45) is 4.66. The summed E-state index contributed by atoms with van der Waals surface area (Å²) in [4.78, 5) is 18.1. The Morgan fingerprint density at radius 2 is 2.23 bits per heavy atom. The summed E-state index contributed by atoms with van der Waals surface area (Å²) in [5.74, 6) is -1.09. The van der Waals surface area contributed by atoms with Gasteiger partial charge in [-0.25, -0.2) is 4.39 Å². The van der Waals surface area contributed by atoms with Gasteiger partial charge in [0.05, 0.1) is 7.11 Å². The van der Waals surface area contributed by atoms with Crippen molar-refractivity contribution in [3.63, 3.8) is 0 Å². The number of carbonyl (C=O) groups is 1. The Morgan fingerprint density at radius 1 is 1.38 bits per heavy atom. The first-order valence-corrected chi connectivity index (χ1v) is 8.82. The van der Waals surface area contributed by atoms with Gasteiger partial charge in [0, 0.05) is 24.4 Å². The lowest BCUT2D eigenvalue weighted by molar-refractivity contribution is -0.146. The van der Waals surface area contributed by atoms with Crippen LogP contribution in [0.1, 0.15) is 36.6 Å². The molecule has 0 amide bonds. The minimum Gasteiger partial charge on any atom is -0.494 e. The predicted molar refractivity (Wildman–Crippen MR) is 95.6 cm³/mol. The topological polar surface area (TPSA) is 62.7 Å². The van der Waals surface area contributed by atoms with Gasteiger partial charge in [0.1, 0.15) is 6.04 Å². The molecular weight excluding hydrogens is 335 g/mol. The van der Waals surface area contributed by atoms with Gasteiger partial charge in [-0.1, -0.05) is 18.6 Å². The van der Waals surface area contributed by atoms with Crippen molar-refractivity contribution in [2.24, 2.45) is 0 Å². The van der Waals surface area contributed by atoms with Crippen LogP contribution in [0.4, 0.5) is 4.39 Å². The Bertz CT molecular complexity index is 754. The second-order valence-corrected chi connectivity index (χ2v) is 6.52. The fourth-order valence-electron chi connectivity index (χ4n) is 3.63. The number of benzene rings is 1. The van der Waals surface area contributed by atoms with Crippen molar-refractivity contribution in [2.75, 3.05) is 13.7 Å². The van der Waals surface area contributed by atoms with Gasteiger partial charge in [-0.05, 0) is 49.2 Å². The molecular formula is C20H23FN2O3. The fourth-order valence-corrected chi connectivity index (χ4v) is 3.63. The number of carboxylic acid groups (broad SMARTS) is 1. The van der Waals surface area contributed by atoms with E-state index in [9.17, 15) is 14.3 Å². The number of aromatic nitrogens is 1. The molecule has 138 valence electrons. The zero-order valence-corrected chi connectivity index (χ0v) is 14.8. The van der Waals surface area contributed by atoms with E-state index in [0.29, 0.717) is 19.4 Å². The van der Waals surface area contributed by atoms with Gasteiger partial charge in [-0.3, -0.25) is 14.7 Å². The van der Waals surface area contributed by atoms with Crippen LogP contribution in [0.5, 0.6) is 5.75 Å². The van der Waals surface area contributed by atoms with Crippen LogP contribution in [0.2, 0.25) is 0 Å². The van der Waals surface area contributed by atoms with Crippen LogP contribution in [0.25, 0.3) is 0 Å². The summed E-state index contributed by atoms with van der Waals surface area (Å²) in [7, 11) is 1.43. The number of likely N-dealkylation sites (tertiary alicyclic amines) is 1. The minimum absolute atomic E-state index is 0.179. The third kappa shape index (κ3) is 4.02.